The van der Waals surface area contributed by atoms with Gasteiger partial charge in [-0.15, -0.1) is 0 Å². The number of nitrogens with one attached hydrogen (secondary N) is 2. The van der Waals surface area contributed by atoms with Crippen molar-refractivity contribution in [2.45, 2.75) is 13.2 Å². The van der Waals surface area contributed by atoms with E-state index in [0.717, 1.165) is 21.4 Å². The van der Waals surface area contributed by atoms with Crippen LogP contribution in [0.25, 0.3) is 0 Å². The van der Waals surface area contributed by atoms with Gasteiger partial charge in [0.25, 0.3) is 0 Å². The summed E-state index contributed by atoms with van der Waals surface area (Å²) in [6.45, 7) is 0.663. The molecule has 0 atom stereocenters. The molecule has 84 valence electrons. The number of nitrogens with zero attached hydrogens (tertiary/aromatic N) is 1. The molecular weight excluding hydrogens is 270 g/mol. The van der Waals surface area contributed by atoms with E-state index < -0.39 is 0 Å². The first-order chi connectivity index (χ1) is 7.81. The number of aromatic nitrogens is 2. The summed E-state index contributed by atoms with van der Waals surface area (Å²) in [4.78, 5) is 6.95. The van der Waals surface area contributed by atoms with Gasteiger partial charge in [0.15, 0.2) is 0 Å². The zero-order chi connectivity index (χ0) is 11.4. The largest absolute Gasteiger partial charge is 0.392 e. The summed E-state index contributed by atoms with van der Waals surface area (Å²) in [5.74, 6) is 0. The zero-order valence-electron chi connectivity index (χ0n) is 8.57. The third-order valence-corrected chi connectivity index (χ3v) is 3.04. The van der Waals surface area contributed by atoms with Crippen molar-refractivity contribution in [1.29, 1.82) is 0 Å². The van der Waals surface area contributed by atoms with E-state index in [1.807, 2.05) is 18.2 Å². The maximum Gasteiger partial charge on any atom is 0.0922 e. The Morgan fingerprint density at radius 2 is 2.31 bits per heavy atom. The average Bonchev–Trinajstić information content (AvgIpc) is 2.79. The van der Waals surface area contributed by atoms with Crippen LogP contribution in [-0.4, -0.2) is 15.1 Å². The second kappa shape index (κ2) is 5.14. The SMILES string of the molecule is OCc1c(Br)cccc1NCc1cnc[nH]1. The van der Waals surface area contributed by atoms with Crippen LogP contribution < -0.4 is 5.32 Å². The number of halogens is 1. The van der Waals surface area contributed by atoms with E-state index in [4.69, 9.17) is 0 Å². The molecule has 0 bridgehead atoms. The van der Waals surface area contributed by atoms with Crippen molar-refractivity contribution in [3.8, 4) is 0 Å². The molecule has 0 unspecified atom stereocenters. The number of aromatic amines is 1. The number of rotatable bonds is 4. The monoisotopic (exact) mass is 281 g/mol. The molecule has 2 rings (SSSR count). The molecule has 1 aromatic heterocycles. The Morgan fingerprint density at radius 3 is 3.00 bits per heavy atom. The second-order valence-electron chi connectivity index (χ2n) is 3.35. The van der Waals surface area contributed by atoms with Gasteiger partial charge in [-0.3, -0.25) is 0 Å². The first kappa shape index (κ1) is 11.2. The number of hydrogen-bond donors (Lipinski definition) is 3. The molecule has 0 aliphatic heterocycles. The molecule has 1 heterocycles. The molecule has 1 aromatic carbocycles. The number of aliphatic hydroxyl groups excluding tert-OH is 1. The van der Waals surface area contributed by atoms with Gasteiger partial charge in [0.2, 0.25) is 0 Å². The lowest BCUT2D eigenvalue weighted by Gasteiger charge is -2.11. The highest BCUT2D eigenvalue weighted by Gasteiger charge is 2.05. The first-order valence-corrected chi connectivity index (χ1v) is 5.70. The van der Waals surface area contributed by atoms with E-state index in [1.165, 1.54) is 0 Å². The number of aliphatic hydroxyl groups is 1. The molecule has 2 aromatic rings. The third kappa shape index (κ3) is 2.43. The van der Waals surface area contributed by atoms with Gasteiger partial charge in [-0.2, -0.15) is 0 Å². The molecule has 3 N–H and O–H groups in total. The normalized spacial score (nSPS) is 10.4. The van der Waals surface area contributed by atoms with Gasteiger partial charge in [0.1, 0.15) is 0 Å². The van der Waals surface area contributed by atoms with Crippen molar-refractivity contribution >= 4 is 21.6 Å². The van der Waals surface area contributed by atoms with Gasteiger partial charge in [0, 0.05) is 21.9 Å². The van der Waals surface area contributed by atoms with Gasteiger partial charge >= 0.3 is 0 Å². The van der Waals surface area contributed by atoms with E-state index in [-0.39, 0.29) is 6.61 Å². The lowest BCUT2D eigenvalue weighted by Crippen LogP contribution is -2.03. The Hall–Kier alpha value is -1.33. The topological polar surface area (TPSA) is 60.9 Å². The Balaban J connectivity index is 2.12. The Labute approximate surface area is 102 Å². The van der Waals surface area contributed by atoms with E-state index in [9.17, 15) is 5.11 Å². The predicted molar refractivity (Wildman–Crippen MR) is 66.0 cm³/mol. The van der Waals surface area contributed by atoms with Crippen LogP contribution in [0.5, 0.6) is 0 Å². The van der Waals surface area contributed by atoms with Crippen molar-refractivity contribution in [3.63, 3.8) is 0 Å². The van der Waals surface area contributed by atoms with Crippen LogP contribution in [0.3, 0.4) is 0 Å². The van der Waals surface area contributed by atoms with Crippen LogP contribution in [0.2, 0.25) is 0 Å². The van der Waals surface area contributed by atoms with Crippen molar-refractivity contribution in [1.82, 2.24) is 9.97 Å². The number of benzene rings is 1. The number of H-pyrrole nitrogens is 1. The molecular formula is C11H12BrN3O. The Bertz CT molecular complexity index is 456. The third-order valence-electron chi connectivity index (χ3n) is 2.30. The smallest absolute Gasteiger partial charge is 0.0922 e. The fourth-order valence-corrected chi connectivity index (χ4v) is 1.95. The summed E-state index contributed by atoms with van der Waals surface area (Å²) in [7, 11) is 0. The maximum absolute atomic E-state index is 9.27. The lowest BCUT2D eigenvalue weighted by molar-refractivity contribution is 0.281. The number of hydrogen-bond acceptors (Lipinski definition) is 3. The van der Waals surface area contributed by atoms with E-state index in [0.29, 0.717) is 6.54 Å². The van der Waals surface area contributed by atoms with E-state index >= 15 is 0 Å². The fourth-order valence-electron chi connectivity index (χ4n) is 1.46. The highest BCUT2D eigenvalue weighted by Crippen LogP contribution is 2.24. The average molecular weight is 282 g/mol. The minimum Gasteiger partial charge on any atom is -0.392 e. The van der Waals surface area contributed by atoms with Crippen LogP contribution in [-0.2, 0) is 13.2 Å². The molecule has 5 heteroatoms. The van der Waals surface area contributed by atoms with Crippen LogP contribution in [0.1, 0.15) is 11.3 Å². The molecule has 0 aliphatic rings. The van der Waals surface area contributed by atoms with E-state index in [1.54, 1.807) is 12.5 Å². The van der Waals surface area contributed by atoms with Gasteiger partial charge in [-0.1, -0.05) is 22.0 Å². The summed E-state index contributed by atoms with van der Waals surface area (Å²) in [6, 6.07) is 5.78. The summed E-state index contributed by atoms with van der Waals surface area (Å²) < 4.78 is 0.907. The summed E-state index contributed by atoms with van der Waals surface area (Å²) >= 11 is 3.41. The molecule has 0 aliphatic carbocycles. The lowest BCUT2D eigenvalue weighted by atomic mass is 10.2. The van der Waals surface area contributed by atoms with Crippen molar-refractivity contribution in [2.24, 2.45) is 0 Å². The second-order valence-corrected chi connectivity index (χ2v) is 4.21. The quantitative estimate of drug-likeness (QED) is 0.806. The summed E-state index contributed by atoms with van der Waals surface area (Å²) in [5.41, 5.74) is 2.79. The number of imidazole rings is 1. The van der Waals surface area contributed by atoms with E-state index in [2.05, 4.69) is 31.2 Å². The van der Waals surface area contributed by atoms with Crippen LogP contribution in [0.15, 0.2) is 35.2 Å². The molecule has 0 saturated carbocycles. The summed E-state index contributed by atoms with van der Waals surface area (Å²) in [5, 5.41) is 12.5. The fraction of sp³-hybridized carbons (Fsp3) is 0.182. The first-order valence-electron chi connectivity index (χ1n) is 4.90. The Morgan fingerprint density at radius 1 is 1.44 bits per heavy atom. The Kier molecular flexibility index (Phi) is 3.58. The molecule has 4 nitrogen and oxygen atoms in total. The highest BCUT2D eigenvalue weighted by molar-refractivity contribution is 9.10. The number of anilines is 1. The minimum absolute atomic E-state index is 0.00668. The molecule has 0 radical (unpaired) electrons. The maximum atomic E-state index is 9.27. The van der Waals surface area contributed by atoms with Crippen molar-refractivity contribution in [3.05, 3.63) is 46.5 Å². The minimum atomic E-state index is 0.00668. The standard InChI is InChI=1S/C11H12BrN3O/c12-10-2-1-3-11(9(10)6-16)14-5-8-4-13-7-15-8/h1-4,7,14,16H,5-6H2,(H,13,15). The van der Waals surface area contributed by atoms with Crippen LogP contribution in [0.4, 0.5) is 5.69 Å². The van der Waals surface area contributed by atoms with Crippen LogP contribution >= 0.6 is 15.9 Å². The van der Waals surface area contributed by atoms with Crippen molar-refractivity contribution < 1.29 is 5.11 Å². The van der Waals surface area contributed by atoms with Crippen molar-refractivity contribution in [2.75, 3.05) is 5.32 Å². The van der Waals surface area contributed by atoms with Gasteiger partial charge in [0.05, 0.1) is 25.2 Å². The molecule has 0 saturated heterocycles. The molecule has 0 spiro atoms. The molecule has 0 amide bonds. The van der Waals surface area contributed by atoms with Gasteiger partial charge in [-0.05, 0) is 12.1 Å². The summed E-state index contributed by atoms with van der Waals surface area (Å²) in [6.07, 6.45) is 3.41. The predicted octanol–water partition coefficient (Wildman–Crippen LogP) is 2.28. The molecule has 0 fully saturated rings. The van der Waals surface area contributed by atoms with Gasteiger partial charge < -0.3 is 15.4 Å². The zero-order valence-corrected chi connectivity index (χ0v) is 10.2. The van der Waals surface area contributed by atoms with Gasteiger partial charge in [-0.25, -0.2) is 4.98 Å². The highest BCUT2D eigenvalue weighted by atomic mass is 79.9. The van der Waals surface area contributed by atoms with Crippen LogP contribution in [0, 0.1) is 0 Å². The molecule has 16 heavy (non-hydrogen) atoms.